The number of nitrogens with zero attached hydrogens (tertiary/aromatic N) is 3. The Morgan fingerprint density at radius 2 is 0.876 bits per heavy atom. The van der Waals surface area contributed by atoms with Crippen molar-refractivity contribution in [2.24, 2.45) is 41.2 Å². The van der Waals surface area contributed by atoms with Gasteiger partial charge in [-0.25, -0.2) is 0 Å². The number of halogens is 2. The topological polar surface area (TPSA) is 148 Å². The highest BCUT2D eigenvalue weighted by Gasteiger charge is 2.54. The van der Waals surface area contributed by atoms with Crippen molar-refractivity contribution in [3.63, 3.8) is 0 Å². The molecule has 3 saturated heterocycles. The van der Waals surface area contributed by atoms with Gasteiger partial charge in [-0.2, -0.15) is 0 Å². The maximum Gasteiger partial charge on any atom is 0.147 e. The average molecular weight is 1680 g/mol. The Balaban J connectivity index is 0.000000173. The first-order valence-corrected chi connectivity index (χ1v) is 45.8. The number of hydrogen-bond donors (Lipinski definition) is 4. The molecule has 3 aliphatic heterocycles. The maximum atomic E-state index is 12.3. The van der Waals surface area contributed by atoms with Gasteiger partial charge in [0.2, 0.25) is 0 Å². The van der Waals surface area contributed by atoms with Gasteiger partial charge >= 0.3 is 0 Å². The summed E-state index contributed by atoms with van der Waals surface area (Å²) in [5.41, 5.74) is 20.5. The summed E-state index contributed by atoms with van der Waals surface area (Å²) < 4.78 is 0. The number of phenols is 1. The second-order valence-electron chi connectivity index (χ2n) is 33.4. The Labute approximate surface area is 664 Å². The molecule has 1 unspecified atom stereocenters. The molecule has 5 aromatic rings. The molecule has 3 heterocycles. The molecule has 0 aromatic heterocycles. The Bertz CT molecular complexity index is 3390. The van der Waals surface area contributed by atoms with Crippen LogP contribution in [0.1, 0.15) is 213 Å². The minimum atomic E-state index is -0.273. The van der Waals surface area contributed by atoms with E-state index in [0.29, 0.717) is 65.0 Å². The van der Waals surface area contributed by atoms with Crippen molar-refractivity contribution in [1.29, 1.82) is 0 Å². The fourth-order valence-corrected chi connectivity index (χ4v) is 20.0. The molecule has 5 aromatic carbocycles. The van der Waals surface area contributed by atoms with Gasteiger partial charge in [-0.3, -0.25) is 29.1 Å². The number of nitrogens with one attached hydrogen (secondary N) is 2. The molecule has 0 spiro atoms. The molecule has 5 N–H and O–H groups in total. The zero-order chi connectivity index (χ0) is 75.4. The van der Waals surface area contributed by atoms with Crippen molar-refractivity contribution in [3.05, 3.63) is 171 Å². The lowest BCUT2D eigenvalue weighted by Crippen LogP contribution is -2.59. The van der Waals surface area contributed by atoms with Crippen LogP contribution in [0.25, 0.3) is 0 Å². The van der Waals surface area contributed by atoms with Crippen molar-refractivity contribution in [3.8, 4) is 5.75 Å². The van der Waals surface area contributed by atoms with Crippen LogP contribution in [-0.2, 0) is 67.5 Å². The standard InChI is InChI=1S/C32H44N2O.C31H42N2O2.C22H31NO.C4H10NOP.2CH3I/c1-23-11-14-28-21-31-24(2)32(29(28)19-23,16-18-34(31)22-27-12-13-27)15-7-8-17-33-30(25(3)35)20-26-9-5-4-6-10-26;1-22-30-19-26-12-13-27(35)20-28(26)31(22,15-17-33(30)21-25-10-11-25)14-6-7-16-32-29(23(2)34)18-24-8-4-3-5-9-24;1-16-5-8-19-14-21-17(2)22(20(19)13-16,9-3-4-12-24)10-11-23(21)15-18-6-7-18;1-3(6)4(5)2-7;2*1-2/h4-6,9-11,14,19,24,27,30-31,33H,7-8,12-13,15-18,20-22H2,1-3H3;3-5,8-9,12-13,20,22,25,29-30,32,35H,6-7,10-11,14-19,21H2,1-2H3;5,8,12-13,17-18,21H,3-4,6-7,9-11,14-15H2,1-2H3;4H,2,5,7H2,1H3;2*1H3/t24-,30-,31+,32+;22-,29-,30+,31+;17-,21+,22+;4-;;/m0000../s1. The third kappa shape index (κ3) is 22.3. The summed E-state index contributed by atoms with van der Waals surface area (Å²) in [5, 5.41) is 17.5. The molecule has 3 saturated carbocycles. The number of phenolic OH excluding ortho intramolecular Hbond substituents is 1. The summed E-state index contributed by atoms with van der Waals surface area (Å²) in [6.45, 7) is 26.3. The number of ketones is 3. The Morgan fingerprint density at radius 1 is 0.524 bits per heavy atom. The number of unbranched alkanes of at least 4 members (excludes halogenated alkanes) is 3. The second-order valence-corrected chi connectivity index (χ2v) is 33.9. The number of aldehydes is 1. The number of rotatable bonds is 30. The Kier molecular flexibility index (Phi) is 33.2. The molecule has 9 aliphatic rings. The Hall–Kier alpha value is -3.77. The van der Waals surface area contributed by atoms with E-state index in [1.165, 1.54) is 169 Å². The summed E-state index contributed by atoms with van der Waals surface area (Å²) >= 11 is 4.30. The zero-order valence-electron chi connectivity index (χ0n) is 65.9. The molecule has 11 nitrogen and oxygen atoms in total. The van der Waals surface area contributed by atoms with E-state index in [4.69, 9.17) is 5.73 Å². The number of likely N-dealkylation sites (tertiary alicyclic amines) is 3. The third-order valence-corrected chi connectivity index (χ3v) is 27.0. The van der Waals surface area contributed by atoms with Crippen LogP contribution in [0.5, 0.6) is 5.75 Å². The zero-order valence-corrected chi connectivity index (χ0v) is 71.4. The number of carbonyl (C=O) groups is 4. The molecule has 14 rings (SSSR count). The van der Waals surface area contributed by atoms with E-state index in [1.54, 1.807) is 36.1 Å². The van der Waals surface area contributed by atoms with Gasteiger partial charge in [0, 0.05) is 60.4 Å². The predicted molar refractivity (Wildman–Crippen MR) is 458 cm³/mol. The van der Waals surface area contributed by atoms with Crippen LogP contribution >= 0.6 is 54.4 Å². The van der Waals surface area contributed by atoms with Crippen LogP contribution in [0.15, 0.2) is 115 Å². The summed E-state index contributed by atoms with van der Waals surface area (Å²) in [4.78, 5) is 58.0. The predicted octanol–water partition coefficient (Wildman–Crippen LogP) is 17.3. The maximum absolute atomic E-state index is 12.3. The fourth-order valence-electron chi connectivity index (χ4n) is 19.7. The average Bonchev–Trinajstić information content (AvgIpc) is 1.74. The first-order chi connectivity index (χ1) is 50.7. The summed E-state index contributed by atoms with van der Waals surface area (Å²) in [7, 11) is 2.42. The van der Waals surface area contributed by atoms with Crippen molar-refractivity contribution in [2.75, 3.05) is 68.4 Å². The molecule has 0 radical (unpaired) electrons. The summed E-state index contributed by atoms with van der Waals surface area (Å²) in [6.07, 6.45) is 29.1. The number of Topliss-reactive ketones (excluding diaryl/α,β-unsaturated/α-hetero) is 3. The molecule has 6 bridgehead atoms. The first-order valence-electron chi connectivity index (χ1n) is 40.7. The van der Waals surface area contributed by atoms with Crippen molar-refractivity contribution >= 4 is 78.1 Å². The third-order valence-electron chi connectivity index (χ3n) is 26.5. The smallest absolute Gasteiger partial charge is 0.147 e. The molecule has 14 heteroatoms. The van der Waals surface area contributed by atoms with Crippen molar-refractivity contribution in [2.45, 2.75) is 256 Å². The van der Waals surface area contributed by atoms with E-state index in [-0.39, 0.29) is 40.9 Å². The van der Waals surface area contributed by atoms with Crippen LogP contribution in [0.4, 0.5) is 0 Å². The van der Waals surface area contributed by atoms with Gasteiger partial charge in [0.05, 0.1) is 18.1 Å². The molecule has 6 aliphatic carbocycles. The quantitative estimate of drug-likeness (QED) is 0.0114. The van der Waals surface area contributed by atoms with Crippen molar-refractivity contribution < 1.29 is 24.3 Å². The number of nitrogens with two attached hydrogens (primary N) is 1. The molecule has 13 atom stereocenters. The van der Waals surface area contributed by atoms with E-state index in [0.717, 1.165) is 88.5 Å². The van der Waals surface area contributed by atoms with Crippen LogP contribution in [-0.4, -0.2) is 148 Å². The summed E-state index contributed by atoms with van der Waals surface area (Å²) in [6, 6.07) is 42.8. The molecule has 6 fully saturated rings. The van der Waals surface area contributed by atoms with Crippen LogP contribution in [0.2, 0.25) is 0 Å². The molecular weight excluding hydrogens is 1540 g/mol. The van der Waals surface area contributed by atoms with Gasteiger partial charge in [0.25, 0.3) is 0 Å². The molecule has 105 heavy (non-hydrogen) atoms. The molecular formula is C91H133I2N6O5P. The van der Waals surface area contributed by atoms with E-state index in [9.17, 15) is 24.3 Å². The molecule has 576 valence electrons. The number of piperidine rings is 3. The first kappa shape index (κ1) is 85.2. The van der Waals surface area contributed by atoms with Gasteiger partial charge in [0.1, 0.15) is 29.4 Å². The van der Waals surface area contributed by atoms with Gasteiger partial charge < -0.3 is 26.3 Å². The SMILES string of the molecule is CC(=O)[C@@H](N)CP.CC(=O)[C@H](Cc1ccccc1)NCCCC[C@]12CCN(CC3CC3)[C@H](Cc3ccc(C)cc31)[C@@H]2C.CC(=O)[C@H](Cc1ccccc1)NCCCC[C@]12CCN(CC3CC3)[C@H](Cc3ccc(O)cc31)[C@@H]2C.CI.CI.Cc1ccc2c(c1)[C@]1(CCCC=O)CCN(CC3CC3)[C@H](C2)[C@@H]1C. The number of fused-ring (bicyclic) bond motifs is 12. The van der Waals surface area contributed by atoms with Gasteiger partial charge in [-0.05, 0) is 304 Å². The van der Waals surface area contributed by atoms with Gasteiger partial charge in [0.15, 0.2) is 0 Å². The van der Waals surface area contributed by atoms with E-state index >= 15 is 0 Å². The van der Waals surface area contributed by atoms with E-state index in [1.807, 2.05) is 40.2 Å². The number of alkyl halides is 2. The number of benzene rings is 5. The number of aryl methyl sites for hydroxylation is 2. The monoisotopic (exact) mass is 1670 g/mol. The number of hydrogen-bond acceptors (Lipinski definition) is 11. The van der Waals surface area contributed by atoms with Gasteiger partial charge in [-0.15, -0.1) is 9.24 Å². The van der Waals surface area contributed by atoms with E-state index < -0.39 is 0 Å². The van der Waals surface area contributed by atoms with Crippen LogP contribution in [0.3, 0.4) is 0 Å². The van der Waals surface area contributed by atoms with E-state index in [2.05, 4.69) is 199 Å². The van der Waals surface area contributed by atoms with Crippen LogP contribution < -0.4 is 16.4 Å². The highest BCUT2D eigenvalue weighted by Crippen LogP contribution is 2.56. The summed E-state index contributed by atoms with van der Waals surface area (Å²) in [5.74, 6) is 5.77. The Morgan fingerprint density at radius 3 is 1.20 bits per heavy atom. The fraction of sp³-hybridized carbons (Fsp3) is 0.626. The largest absolute Gasteiger partial charge is 0.508 e. The normalized spacial score (nSPS) is 26.3. The lowest BCUT2D eigenvalue weighted by atomic mass is 9.56. The minimum Gasteiger partial charge on any atom is -0.508 e. The minimum absolute atomic E-state index is 0.0509. The molecule has 0 amide bonds. The number of carbonyl (C=O) groups excluding carboxylic acids is 4. The lowest BCUT2D eigenvalue weighted by Gasteiger charge is -2.56. The van der Waals surface area contributed by atoms with Crippen LogP contribution in [0, 0.1) is 49.4 Å². The highest BCUT2D eigenvalue weighted by molar-refractivity contribution is 14.1. The van der Waals surface area contributed by atoms with Gasteiger partial charge in [-0.1, -0.05) is 193 Å². The number of aromatic hydroxyl groups is 1. The second kappa shape index (κ2) is 41.0. The highest BCUT2D eigenvalue weighted by atomic mass is 127. The lowest BCUT2D eigenvalue weighted by molar-refractivity contribution is -0.119. The van der Waals surface area contributed by atoms with Crippen molar-refractivity contribution in [1.82, 2.24) is 25.3 Å².